The second-order valence-electron chi connectivity index (χ2n) is 9.51. The van der Waals surface area contributed by atoms with Gasteiger partial charge in [-0.2, -0.15) is 0 Å². The van der Waals surface area contributed by atoms with Gasteiger partial charge in [0.25, 0.3) is 15.6 Å². The minimum Gasteiger partial charge on any atom is -0.384 e. The first-order chi connectivity index (χ1) is 20.1. The van der Waals surface area contributed by atoms with Gasteiger partial charge in [-0.1, -0.05) is 18.5 Å². The van der Waals surface area contributed by atoms with Crippen LogP contribution in [0.2, 0.25) is 5.02 Å². The summed E-state index contributed by atoms with van der Waals surface area (Å²) in [7, 11) is -4.05. The van der Waals surface area contributed by atoms with Crippen LogP contribution in [0.4, 0.5) is 16.2 Å². The molecule has 0 atom stereocenters. The van der Waals surface area contributed by atoms with E-state index >= 15 is 0 Å². The molecule has 15 heteroatoms. The average Bonchev–Trinajstić information content (AvgIpc) is 3.45. The van der Waals surface area contributed by atoms with Crippen LogP contribution >= 0.6 is 22.9 Å². The number of sulfonamides is 1. The lowest BCUT2D eigenvalue weighted by atomic mass is 10.2. The number of amides is 2. The standard InChI is InChI=1S/C27H29ClN6O6S2/c1-2-19-5-8-24(41-19)42(38,39)32-26(36)30-18-4-7-23(21(28)15-18)34-25(35)20-6-3-17(16-22(20)31-27(34)37)29-9-10-33-11-13-40-14-12-33/h3-8,15-16,29H,2,9-14H2,1H3,(H,31,37)(H2,30,32,36). The van der Waals surface area contributed by atoms with E-state index in [1.54, 1.807) is 24.3 Å². The van der Waals surface area contributed by atoms with Gasteiger partial charge in [-0.15, -0.1) is 11.3 Å². The molecule has 1 aliphatic rings. The van der Waals surface area contributed by atoms with Crippen molar-refractivity contribution in [2.45, 2.75) is 17.6 Å². The minimum absolute atomic E-state index is 0.00477. The van der Waals surface area contributed by atoms with Gasteiger partial charge in [0.2, 0.25) is 0 Å². The van der Waals surface area contributed by atoms with Crippen molar-refractivity contribution in [1.29, 1.82) is 0 Å². The van der Waals surface area contributed by atoms with Gasteiger partial charge in [0, 0.05) is 42.4 Å². The zero-order valence-electron chi connectivity index (χ0n) is 22.6. The zero-order valence-corrected chi connectivity index (χ0v) is 25.0. The molecule has 0 spiro atoms. The molecule has 0 radical (unpaired) electrons. The number of anilines is 2. The van der Waals surface area contributed by atoms with Crippen molar-refractivity contribution in [2.75, 3.05) is 50.0 Å². The number of morpholine rings is 1. The molecular weight excluding hydrogens is 604 g/mol. The molecule has 2 amide bonds. The highest BCUT2D eigenvalue weighted by atomic mass is 35.5. The largest absolute Gasteiger partial charge is 0.384 e. The number of hydrogen-bond acceptors (Lipinski definition) is 9. The Morgan fingerprint density at radius 2 is 1.83 bits per heavy atom. The Morgan fingerprint density at radius 3 is 2.55 bits per heavy atom. The quantitative estimate of drug-likeness (QED) is 0.219. The molecule has 0 unspecified atom stereocenters. The lowest BCUT2D eigenvalue weighted by Crippen LogP contribution is -2.39. The number of urea groups is 1. The molecule has 0 saturated carbocycles. The molecule has 0 aliphatic carbocycles. The molecular formula is C27H29ClN6O6S2. The summed E-state index contributed by atoms with van der Waals surface area (Å²) in [6.07, 6.45) is 0.675. The fraction of sp³-hybridized carbons (Fsp3) is 0.296. The van der Waals surface area contributed by atoms with Crippen LogP contribution in [0.5, 0.6) is 0 Å². The molecule has 12 nitrogen and oxygen atoms in total. The molecule has 42 heavy (non-hydrogen) atoms. The third-order valence-corrected chi connectivity index (χ3v) is 10.0. The van der Waals surface area contributed by atoms with Crippen LogP contribution in [0.15, 0.2) is 62.3 Å². The number of aromatic amines is 1. The molecule has 5 rings (SSSR count). The Bertz CT molecular complexity index is 1850. The highest BCUT2D eigenvalue weighted by molar-refractivity contribution is 7.92. The number of thiophene rings is 1. The van der Waals surface area contributed by atoms with Crippen molar-refractivity contribution >= 4 is 61.3 Å². The summed E-state index contributed by atoms with van der Waals surface area (Å²) in [4.78, 5) is 44.6. The molecule has 222 valence electrons. The molecule has 0 bridgehead atoms. The number of H-pyrrole nitrogens is 1. The summed E-state index contributed by atoms with van der Waals surface area (Å²) >= 11 is 7.49. The molecule has 4 N–H and O–H groups in total. The first-order valence-corrected chi connectivity index (χ1v) is 15.9. The van der Waals surface area contributed by atoms with E-state index in [2.05, 4.69) is 20.5 Å². The number of carbonyl (C=O) groups excluding carboxylic acids is 1. The maximum absolute atomic E-state index is 13.3. The van der Waals surface area contributed by atoms with Gasteiger partial charge in [-0.25, -0.2) is 27.3 Å². The zero-order chi connectivity index (χ0) is 29.9. The smallest absolute Gasteiger partial charge is 0.333 e. The van der Waals surface area contributed by atoms with Crippen LogP contribution in [-0.2, 0) is 21.2 Å². The number of fused-ring (bicyclic) bond motifs is 1. The number of carbonyl (C=O) groups is 1. The normalized spacial score (nSPS) is 14.1. The second-order valence-corrected chi connectivity index (χ2v) is 13.0. The highest BCUT2D eigenvalue weighted by Gasteiger charge is 2.20. The minimum atomic E-state index is -4.05. The van der Waals surface area contributed by atoms with E-state index < -0.39 is 27.3 Å². The Morgan fingerprint density at radius 1 is 1.07 bits per heavy atom. The fourth-order valence-electron chi connectivity index (χ4n) is 4.52. The molecule has 4 aromatic rings. The molecule has 1 saturated heterocycles. The van der Waals surface area contributed by atoms with E-state index in [0.717, 1.165) is 59.3 Å². The van der Waals surface area contributed by atoms with Crippen molar-refractivity contribution in [3.63, 3.8) is 0 Å². The van der Waals surface area contributed by atoms with Crippen molar-refractivity contribution in [2.24, 2.45) is 0 Å². The average molecular weight is 633 g/mol. The van der Waals surface area contributed by atoms with Crippen LogP contribution in [0.1, 0.15) is 11.8 Å². The summed E-state index contributed by atoms with van der Waals surface area (Å²) in [5, 5.41) is 6.01. The van der Waals surface area contributed by atoms with Gasteiger partial charge in [0.1, 0.15) is 4.21 Å². The van der Waals surface area contributed by atoms with Crippen LogP contribution in [-0.4, -0.2) is 68.3 Å². The van der Waals surface area contributed by atoms with Crippen LogP contribution < -0.4 is 26.6 Å². The summed E-state index contributed by atoms with van der Waals surface area (Å²) in [6, 6.07) is 11.4. The van der Waals surface area contributed by atoms with Crippen LogP contribution in [0.25, 0.3) is 16.6 Å². The number of benzene rings is 2. The number of nitrogens with one attached hydrogen (secondary N) is 4. The number of ether oxygens (including phenoxy) is 1. The Labute approximate surface area is 250 Å². The van der Waals surface area contributed by atoms with Gasteiger partial charge in [-0.3, -0.25) is 9.69 Å². The highest BCUT2D eigenvalue weighted by Crippen LogP contribution is 2.25. The lowest BCUT2D eigenvalue weighted by molar-refractivity contribution is 0.0398. The van der Waals surface area contributed by atoms with E-state index in [9.17, 15) is 22.8 Å². The van der Waals surface area contributed by atoms with Gasteiger partial charge in [-0.05, 0) is 55.0 Å². The van der Waals surface area contributed by atoms with E-state index in [1.165, 1.54) is 24.3 Å². The van der Waals surface area contributed by atoms with Gasteiger partial charge < -0.3 is 20.4 Å². The number of nitrogens with zero attached hydrogens (tertiary/aromatic N) is 2. The first-order valence-electron chi connectivity index (χ1n) is 13.2. The lowest BCUT2D eigenvalue weighted by Gasteiger charge is -2.26. The summed E-state index contributed by atoms with van der Waals surface area (Å²) in [5.41, 5.74) is 0.148. The fourth-order valence-corrected chi connectivity index (χ4v) is 6.99. The second kappa shape index (κ2) is 12.7. The van der Waals surface area contributed by atoms with E-state index in [1.807, 2.05) is 11.6 Å². The Hall–Kier alpha value is -3.69. The number of rotatable bonds is 9. The van der Waals surface area contributed by atoms with Crippen molar-refractivity contribution in [3.8, 4) is 5.69 Å². The van der Waals surface area contributed by atoms with Crippen molar-refractivity contribution < 1.29 is 17.9 Å². The molecule has 1 fully saturated rings. The Kier molecular flexibility index (Phi) is 8.99. The third-order valence-electron chi connectivity index (χ3n) is 6.68. The van der Waals surface area contributed by atoms with Crippen LogP contribution in [0.3, 0.4) is 0 Å². The molecule has 3 heterocycles. The van der Waals surface area contributed by atoms with Crippen molar-refractivity contribution in [3.05, 3.63) is 79.3 Å². The van der Waals surface area contributed by atoms with Gasteiger partial charge in [0.15, 0.2) is 0 Å². The summed E-state index contributed by atoms with van der Waals surface area (Å²) in [5.74, 6) is 0. The SMILES string of the molecule is CCc1ccc(S(=O)(=O)NC(=O)Nc2ccc(-n3c(=O)[nH]c4cc(NCCN5CCOCC5)ccc4c3=O)c(Cl)c2)s1. The van der Waals surface area contributed by atoms with Gasteiger partial charge >= 0.3 is 11.7 Å². The number of aromatic nitrogens is 2. The van der Waals surface area contributed by atoms with E-state index in [4.69, 9.17) is 16.3 Å². The van der Waals surface area contributed by atoms with E-state index in [-0.39, 0.29) is 26.0 Å². The monoisotopic (exact) mass is 632 g/mol. The molecule has 2 aromatic heterocycles. The first kappa shape index (κ1) is 29.8. The number of aryl methyl sites for hydroxylation is 1. The predicted octanol–water partition coefficient (Wildman–Crippen LogP) is 3.21. The Balaban J connectivity index is 1.30. The number of halogens is 1. The molecule has 2 aromatic carbocycles. The maximum Gasteiger partial charge on any atom is 0.333 e. The van der Waals surface area contributed by atoms with Gasteiger partial charge in [0.05, 0.1) is 34.8 Å². The summed E-state index contributed by atoms with van der Waals surface area (Å²) < 4.78 is 33.3. The topological polar surface area (TPSA) is 155 Å². The third kappa shape index (κ3) is 6.68. The number of hydrogen-bond donors (Lipinski definition) is 4. The predicted molar refractivity (Wildman–Crippen MR) is 164 cm³/mol. The van der Waals surface area contributed by atoms with E-state index in [0.29, 0.717) is 18.5 Å². The van der Waals surface area contributed by atoms with Crippen LogP contribution in [0, 0.1) is 0 Å². The maximum atomic E-state index is 13.3. The summed E-state index contributed by atoms with van der Waals surface area (Å²) in [6.45, 7) is 6.66. The molecule has 1 aliphatic heterocycles. The van der Waals surface area contributed by atoms with Crippen molar-refractivity contribution in [1.82, 2.24) is 19.2 Å².